The van der Waals surface area contributed by atoms with Gasteiger partial charge in [-0.25, -0.2) is 0 Å². The van der Waals surface area contributed by atoms with Crippen molar-refractivity contribution in [3.63, 3.8) is 0 Å². The van der Waals surface area contributed by atoms with Gasteiger partial charge in [0.05, 0.1) is 19.0 Å². The zero-order valence-electron chi connectivity index (χ0n) is 15.7. The second-order valence-electron chi connectivity index (χ2n) is 8.01. The van der Waals surface area contributed by atoms with E-state index in [9.17, 15) is 4.79 Å². The van der Waals surface area contributed by atoms with Crippen LogP contribution in [0.15, 0.2) is 30.3 Å². The molecule has 1 saturated carbocycles. The molecule has 3 nitrogen and oxygen atoms in total. The summed E-state index contributed by atoms with van der Waals surface area (Å²) >= 11 is 0. The molecule has 0 unspecified atom stereocenters. The number of unbranched alkanes of at least 4 members (excludes halogenated alkanes) is 1. The molecule has 1 aromatic carbocycles. The first-order valence-corrected chi connectivity index (χ1v) is 10.3. The minimum Gasteiger partial charge on any atom is -0.453 e. The van der Waals surface area contributed by atoms with Crippen LogP contribution in [0.25, 0.3) is 0 Å². The molecule has 0 atom stereocenters. The van der Waals surface area contributed by atoms with Gasteiger partial charge < -0.3 is 10.1 Å². The SMILES string of the molecule is CCCCC1CCC(C(=O)OC2(c3ccccc3)CC[NH2+]CC2)CC1. The summed E-state index contributed by atoms with van der Waals surface area (Å²) in [5.41, 5.74) is 0.777. The molecule has 0 amide bonds. The van der Waals surface area contributed by atoms with Gasteiger partial charge in [0.15, 0.2) is 0 Å². The Labute approximate surface area is 152 Å². The lowest BCUT2D eigenvalue weighted by molar-refractivity contribution is -0.668. The van der Waals surface area contributed by atoms with E-state index in [4.69, 9.17) is 4.74 Å². The number of ether oxygens (including phenoxy) is 1. The van der Waals surface area contributed by atoms with Gasteiger partial charge in [-0.1, -0.05) is 56.5 Å². The molecule has 2 aliphatic rings. The maximum atomic E-state index is 12.9. The molecule has 138 valence electrons. The Balaban J connectivity index is 1.62. The number of hydrogen-bond donors (Lipinski definition) is 1. The summed E-state index contributed by atoms with van der Waals surface area (Å²) < 4.78 is 6.26. The van der Waals surface area contributed by atoms with Crippen LogP contribution in [0.2, 0.25) is 0 Å². The van der Waals surface area contributed by atoms with Crippen LogP contribution < -0.4 is 5.32 Å². The van der Waals surface area contributed by atoms with Crippen molar-refractivity contribution in [2.45, 2.75) is 70.3 Å². The van der Waals surface area contributed by atoms with Crippen LogP contribution in [0.1, 0.15) is 70.3 Å². The lowest BCUT2D eigenvalue weighted by Gasteiger charge is -2.38. The molecule has 1 aromatic rings. The summed E-state index contributed by atoms with van der Waals surface area (Å²) in [5, 5.41) is 2.33. The predicted octanol–water partition coefficient (Wildman–Crippen LogP) is 3.78. The van der Waals surface area contributed by atoms with E-state index in [-0.39, 0.29) is 11.9 Å². The molecule has 1 aliphatic carbocycles. The number of hydrogen-bond acceptors (Lipinski definition) is 2. The zero-order chi connectivity index (χ0) is 17.5. The van der Waals surface area contributed by atoms with Gasteiger partial charge in [0, 0.05) is 12.8 Å². The number of esters is 1. The van der Waals surface area contributed by atoms with Gasteiger partial charge in [-0.15, -0.1) is 0 Å². The Hall–Kier alpha value is -1.35. The van der Waals surface area contributed by atoms with E-state index >= 15 is 0 Å². The molecule has 25 heavy (non-hydrogen) atoms. The first-order chi connectivity index (χ1) is 12.2. The number of carbonyl (C=O) groups excluding carboxylic acids is 1. The van der Waals surface area contributed by atoms with E-state index in [0.717, 1.165) is 44.7 Å². The minimum atomic E-state index is -0.397. The van der Waals surface area contributed by atoms with Crippen molar-refractivity contribution in [2.75, 3.05) is 13.1 Å². The van der Waals surface area contributed by atoms with Crippen LogP contribution in [-0.4, -0.2) is 19.1 Å². The fraction of sp³-hybridized carbons (Fsp3) is 0.682. The number of piperidine rings is 1. The first kappa shape index (κ1) is 18.4. The lowest BCUT2D eigenvalue weighted by Crippen LogP contribution is -2.87. The van der Waals surface area contributed by atoms with Crippen molar-refractivity contribution in [3.8, 4) is 0 Å². The molecule has 0 aromatic heterocycles. The van der Waals surface area contributed by atoms with Crippen molar-refractivity contribution in [3.05, 3.63) is 35.9 Å². The normalized spacial score (nSPS) is 26.1. The van der Waals surface area contributed by atoms with E-state index in [1.165, 1.54) is 37.7 Å². The lowest BCUT2D eigenvalue weighted by atomic mass is 9.79. The molecule has 2 N–H and O–H groups in total. The zero-order valence-corrected chi connectivity index (χ0v) is 15.7. The van der Waals surface area contributed by atoms with E-state index in [1.54, 1.807) is 0 Å². The van der Waals surface area contributed by atoms with Gasteiger partial charge in [-0.05, 0) is 37.2 Å². The molecule has 2 fully saturated rings. The highest BCUT2D eigenvalue weighted by Crippen LogP contribution is 2.38. The van der Waals surface area contributed by atoms with Crippen LogP contribution in [0.4, 0.5) is 0 Å². The van der Waals surface area contributed by atoms with E-state index in [1.807, 2.05) is 6.07 Å². The van der Waals surface area contributed by atoms with Crippen molar-refractivity contribution >= 4 is 5.97 Å². The van der Waals surface area contributed by atoms with Crippen LogP contribution in [-0.2, 0) is 15.1 Å². The van der Waals surface area contributed by atoms with Gasteiger partial charge in [-0.2, -0.15) is 0 Å². The van der Waals surface area contributed by atoms with Crippen molar-refractivity contribution in [1.82, 2.24) is 0 Å². The molecule has 3 heteroatoms. The Bertz CT molecular complexity index is 528. The minimum absolute atomic E-state index is 0.0553. The monoisotopic (exact) mass is 344 g/mol. The van der Waals surface area contributed by atoms with E-state index in [0.29, 0.717) is 0 Å². The summed E-state index contributed by atoms with van der Waals surface area (Å²) in [6.45, 7) is 4.32. The second-order valence-corrected chi connectivity index (χ2v) is 8.01. The Morgan fingerprint density at radius 3 is 2.44 bits per heavy atom. The largest absolute Gasteiger partial charge is 0.453 e. The fourth-order valence-electron chi connectivity index (χ4n) is 4.59. The van der Waals surface area contributed by atoms with Crippen LogP contribution in [0.3, 0.4) is 0 Å². The molecule has 0 radical (unpaired) electrons. The Morgan fingerprint density at radius 2 is 1.80 bits per heavy atom. The van der Waals surface area contributed by atoms with Gasteiger partial charge in [0.25, 0.3) is 0 Å². The second kappa shape index (κ2) is 8.84. The van der Waals surface area contributed by atoms with Crippen LogP contribution >= 0.6 is 0 Å². The highest BCUT2D eigenvalue weighted by molar-refractivity contribution is 5.73. The van der Waals surface area contributed by atoms with E-state index < -0.39 is 5.60 Å². The maximum absolute atomic E-state index is 12.9. The summed E-state index contributed by atoms with van der Waals surface area (Å²) in [5.74, 6) is 1.00. The number of nitrogens with two attached hydrogens (primary N) is 1. The summed E-state index contributed by atoms with van der Waals surface area (Å²) in [6, 6.07) is 10.4. The average molecular weight is 345 g/mol. The van der Waals surface area contributed by atoms with Crippen molar-refractivity contribution in [2.24, 2.45) is 11.8 Å². The first-order valence-electron chi connectivity index (χ1n) is 10.3. The Morgan fingerprint density at radius 1 is 1.12 bits per heavy atom. The fourth-order valence-corrected chi connectivity index (χ4v) is 4.59. The number of benzene rings is 1. The highest BCUT2D eigenvalue weighted by Gasteiger charge is 2.41. The van der Waals surface area contributed by atoms with Crippen LogP contribution in [0.5, 0.6) is 0 Å². The molecule has 3 rings (SSSR count). The third-order valence-electron chi connectivity index (χ3n) is 6.25. The number of carbonyl (C=O) groups is 1. The van der Waals surface area contributed by atoms with E-state index in [2.05, 4.69) is 36.5 Å². The van der Waals surface area contributed by atoms with Gasteiger partial charge in [0.1, 0.15) is 5.60 Å². The summed E-state index contributed by atoms with van der Waals surface area (Å²) in [6.07, 6.45) is 10.2. The summed E-state index contributed by atoms with van der Waals surface area (Å²) in [7, 11) is 0. The average Bonchev–Trinajstić information content (AvgIpc) is 2.68. The number of quaternary nitrogens is 1. The molecular weight excluding hydrogens is 310 g/mol. The topological polar surface area (TPSA) is 42.9 Å². The molecule has 1 saturated heterocycles. The third-order valence-corrected chi connectivity index (χ3v) is 6.25. The molecule has 0 spiro atoms. The standard InChI is InChI=1S/C22H33NO2/c1-2-3-7-18-10-12-19(13-11-18)21(24)25-22(14-16-23-17-15-22)20-8-5-4-6-9-20/h4-6,8-9,18-19,23H,2-3,7,10-17H2,1H3/p+1. The molecule has 0 bridgehead atoms. The molecule has 1 heterocycles. The van der Waals surface area contributed by atoms with Gasteiger partial charge >= 0.3 is 5.97 Å². The van der Waals surface area contributed by atoms with Gasteiger partial charge in [-0.3, -0.25) is 4.79 Å². The Kier molecular flexibility index (Phi) is 6.52. The van der Waals surface area contributed by atoms with Crippen molar-refractivity contribution < 1.29 is 14.8 Å². The third kappa shape index (κ3) is 4.63. The van der Waals surface area contributed by atoms with Crippen LogP contribution in [0, 0.1) is 11.8 Å². The van der Waals surface area contributed by atoms with Gasteiger partial charge in [0.2, 0.25) is 0 Å². The smallest absolute Gasteiger partial charge is 0.309 e. The maximum Gasteiger partial charge on any atom is 0.309 e. The predicted molar refractivity (Wildman–Crippen MR) is 100 cm³/mol. The number of rotatable bonds is 6. The summed E-state index contributed by atoms with van der Waals surface area (Å²) in [4.78, 5) is 12.9. The quantitative estimate of drug-likeness (QED) is 0.798. The molecule has 1 aliphatic heterocycles. The molecular formula is C22H34NO2+. The van der Waals surface area contributed by atoms with Crippen molar-refractivity contribution in [1.29, 1.82) is 0 Å². The highest BCUT2D eigenvalue weighted by atomic mass is 16.6.